The Morgan fingerprint density at radius 2 is 1.62 bits per heavy atom. The first kappa shape index (κ1) is 24.1. The number of halogens is 1. The Morgan fingerprint density at radius 1 is 0.892 bits per heavy atom. The normalized spacial score (nSPS) is 13.2. The molecule has 0 saturated heterocycles. The van der Waals surface area contributed by atoms with E-state index in [1.54, 1.807) is 0 Å². The van der Waals surface area contributed by atoms with E-state index in [2.05, 4.69) is 134 Å². The summed E-state index contributed by atoms with van der Waals surface area (Å²) in [6, 6.07) is 20.0. The number of aromatic amines is 2. The number of hydrogen-bond acceptors (Lipinski definition) is 0. The third-order valence-corrected chi connectivity index (χ3v) is 8.29. The summed E-state index contributed by atoms with van der Waals surface area (Å²) in [5, 5.41) is 7.49. The molecule has 0 radical (unpaired) electrons. The largest absolute Gasteiger partial charge is 0.354 e. The summed E-state index contributed by atoms with van der Waals surface area (Å²) in [5.41, 5.74) is 10.4. The molecule has 0 saturated carbocycles. The average molecular weight is 550 g/mol. The number of aryl methyl sites for hydroxylation is 2. The number of rotatable bonds is 3. The second-order valence-electron chi connectivity index (χ2n) is 11.4. The van der Waals surface area contributed by atoms with Crippen molar-refractivity contribution < 1.29 is 0 Å². The maximum atomic E-state index is 3.85. The first-order chi connectivity index (χ1) is 17.7. The number of fused-ring (bicyclic) bond motifs is 3. The van der Waals surface area contributed by atoms with E-state index in [9.17, 15) is 0 Å². The fraction of sp³-hybridized carbons (Fsp3) is 0.235. The molecule has 2 N–H and O–H groups in total. The molecule has 3 heteroatoms. The van der Waals surface area contributed by atoms with Gasteiger partial charge in [-0.3, -0.25) is 0 Å². The minimum absolute atomic E-state index is 0.119. The Bertz CT molecular complexity index is 1900. The quantitative estimate of drug-likeness (QED) is 0.227. The van der Waals surface area contributed by atoms with Crippen LogP contribution in [-0.4, -0.2) is 9.97 Å². The van der Waals surface area contributed by atoms with Crippen molar-refractivity contribution in [2.75, 3.05) is 0 Å². The molecule has 2 nitrogen and oxygen atoms in total. The molecule has 0 bridgehead atoms. The first-order valence-corrected chi connectivity index (χ1v) is 13.9. The molecule has 2 heterocycles. The lowest BCUT2D eigenvalue weighted by Crippen LogP contribution is -2.12. The minimum atomic E-state index is 0.119. The van der Waals surface area contributed by atoms with Crippen LogP contribution in [0.5, 0.6) is 0 Å². The van der Waals surface area contributed by atoms with E-state index in [4.69, 9.17) is 0 Å². The summed E-state index contributed by atoms with van der Waals surface area (Å²) in [7, 11) is 0. The van der Waals surface area contributed by atoms with E-state index in [1.807, 2.05) is 0 Å². The van der Waals surface area contributed by atoms with Gasteiger partial charge in [0.2, 0.25) is 0 Å². The molecule has 0 aliphatic heterocycles. The molecule has 37 heavy (non-hydrogen) atoms. The van der Waals surface area contributed by atoms with E-state index in [1.165, 1.54) is 71.0 Å². The van der Waals surface area contributed by atoms with Crippen molar-refractivity contribution in [3.05, 3.63) is 114 Å². The van der Waals surface area contributed by atoms with Crippen molar-refractivity contribution in [2.45, 2.75) is 53.4 Å². The van der Waals surface area contributed by atoms with Gasteiger partial charge in [0, 0.05) is 42.6 Å². The van der Waals surface area contributed by atoms with Gasteiger partial charge in [0.25, 0.3) is 0 Å². The first-order valence-electron chi connectivity index (χ1n) is 13.1. The maximum absolute atomic E-state index is 3.85. The predicted molar refractivity (Wildman–Crippen MR) is 160 cm³/mol. The highest BCUT2D eigenvalue weighted by Crippen LogP contribution is 2.38. The fourth-order valence-corrected chi connectivity index (χ4v) is 6.29. The van der Waals surface area contributed by atoms with Crippen LogP contribution in [-0.2, 0) is 11.8 Å². The van der Waals surface area contributed by atoms with Crippen molar-refractivity contribution >= 4 is 38.9 Å². The van der Waals surface area contributed by atoms with Crippen molar-refractivity contribution in [1.82, 2.24) is 9.97 Å². The van der Waals surface area contributed by atoms with Crippen molar-refractivity contribution in [3.8, 4) is 11.3 Å². The Morgan fingerprint density at radius 3 is 2.32 bits per heavy atom. The monoisotopic (exact) mass is 548 g/mol. The van der Waals surface area contributed by atoms with Crippen molar-refractivity contribution in [1.29, 1.82) is 0 Å². The summed E-state index contributed by atoms with van der Waals surface area (Å²) in [6.45, 7) is 13.6. The predicted octanol–water partition coefficient (Wildman–Crippen LogP) is 7.66. The zero-order valence-electron chi connectivity index (χ0n) is 22.4. The van der Waals surface area contributed by atoms with Crippen LogP contribution < -0.4 is 10.6 Å². The van der Waals surface area contributed by atoms with E-state index in [-0.39, 0.29) is 5.41 Å². The Labute approximate surface area is 226 Å². The zero-order chi connectivity index (χ0) is 26.1. The smallest absolute Gasteiger partial charge is 0.0544 e. The molecule has 0 spiro atoms. The lowest BCUT2D eigenvalue weighted by atomic mass is 9.83. The fourth-order valence-electron chi connectivity index (χ4n) is 5.93. The highest BCUT2D eigenvalue weighted by Gasteiger charge is 2.20. The topological polar surface area (TPSA) is 31.6 Å². The summed E-state index contributed by atoms with van der Waals surface area (Å²) in [5.74, 6) is 0. The van der Waals surface area contributed by atoms with Crippen molar-refractivity contribution in [2.24, 2.45) is 0 Å². The molecule has 6 rings (SSSR count). The molecule has 186 valence electrons. The number of benzene rings is 3. The van der Waals surface area contributed by atoms with Gasteiger partial charge in [0.15, 0.2) is 0 Å². The maximum Gasteiger partial charge on any atom is 0.0544 e. The third kappa shape index (κ3) is 3.92. The summed E-state index contributed by atoms with van der Waals surface area (Å²) < 4.78 is 1.09. The average Bonchev–Trinajstić information content (AvgIpc) is 3.48. The second-order valence-corrected chi connectivity index (χ2v) is 12.3. The lowest BCUT2D eigenvalue weighted by molar-refractivity contribution is 0.589. The zero-order valence-corrected chi connectivity index (χ0v) is 24.0. The third-order valence-electron chi connectivity index (χ3n) is 7.80. The summed E-state index contributed by atoms with van der Waals surface area (Å²) in [6.07, 6.45) is 5.61. The molecule has 0 atom stereocenters. The molecular formula is C34H33BrN2. The molecule has 0 fully saturated rings. The van der Waals surface area contributed by atoms with E-state index >= 15 is 0 Å². The van der Waals surface area contributed by atoms with Crippen LogP contribution in [0.15, 0.2) is 59.1 Å². The summed E-state index contributed by atoms with van der Waals surface area (Å²) >= 11 is 3.72. The second kappa shape index (κ2) is 8.63. The SMILES string of the molecule is CCc1c2c([nH]c1=Cc1[nH]c(-c3c(C)cc(C(C)(C)C)cc3C)c3cc(Br)ccc13)=c1ccccc1=C2. The highest BCUT2D eigenvalue weighted by molar-refractivity contribution is 9.10. The van der Waals surface area contributed by atoms with Gasteiger partial charge in [-0.2, -0.15) is 0 Å². The van der Waals surface area contributed by atoms with E-state index in [0.29, 0.717) is 0 Å². The van der Waals surface area contributed by atoms with Gasteiger partial charge in [0.1, 0.15) is 0 Å². The van der Waals surface area contributed by atoms with Crippen LogP contribution in [0.25, 0.3) is 34.2 Å². The van der Waals surface area contributed by atoms with Gasteiger partial charge in [-0.05, 0) is 77.4 Å². The molecular weight excluding hydrogens is 516 g/mol. The number of H-pyrrole nitrogens is 2. The van der Waals surface area contributed by atoms with Crippen LogP contribution in [0, 0.1) is 24.4 Å². The Kier molecular flexibility index (Phi) is 5.61. The van der Waals surface area contributed by atoms with Gasteiger partial charge < -0.3 is 9.97 Å². The molecule has 3 aromatic carbocycles. The van der Waals surface area contributed by atoms with Gasteiger partial charge >= 0.3 is 0 Å². The Balaban J connectivity index is 1.62. The minimum Gasteiger partial charge on any atom is -0.354 e. The van der Waals surface area contributed by atoms with Crippen LogP contribution in [0.3, 0.4) is 0 Å². The van der Waals surface area contributed by atoms with Crippen LogP contribution in [0.4, 0.5) is 0 Å². The van der Waals surface area contributed by atoms with E-state index in [0.717, 1.165) is 16.6 Å². The standard InChI is InChI=1S/C34H33BrN2/c1-7-24-27-16-21-10-8-9-11-25(21)32(27)36-29(24)18-30-26-13-12-23(35)17-28(26)33(37-30)31-19(2)14-22(15-20(31)3)34(4,5)6/h8-18,36-37H,7H2,1-6H3. The molecule has 0 amide bonds. The Hall–Kier alpha value is -3.30. The van der Waals surface area contributed by atoms with Gasteiger partial charge in [-0.25, -0.2) is 0 Å². The number of aromatic nitrogens is 2. The molecule has 1 aliphatic carbocycles. The molecule has 2 aromatic heterocycles. The van der Waals surface area contributed by atoms with Crippen LogP contribution >= 0.6 is 15.9 Å². The molecule has 0 unspecified atom stereocenters. The highest BCUT2D eigenvalue weighted by atomic mass is 79.9. The summed E-state index contributed by atoms with van der Waals surface area (Å²) in [4.78, 5) is 7.62. The van der Waals surface area contributed by atoms with Gasteiger partial charge in [-0.15, -0.1) is 0 Å². The van der Waals surface area contributed by atoms with E-state index < -0.39 is 0 Å². The number of nitrogens with one attached hydrogen (secondary N) is 2. The molecule has 5 aromatic rings. The van der Waals surface area contributed by atoms with Crippen molar-refractivity contribution in [3.63, 3.8) is 0 Å². The van der Waals surface area contributed by atoms with Gasteiger partial charge in [0.05, 0.1) is 11.0 Å². The number of hydrogen-bond donors (Lipinski definition) is 2. The lowest BCUT2D eigenvalue weighted by Gasteiger charge is -2.22. The molecule has 1 aliphatic rings. The van der Waals surface area contributed by atoms with Crippen LogP contribution in [0.1, 0.15) is 61.2 Å². The van der Waals surface area contributed by atoms with Gasteiger partial charge in [-0.1, -0.05) is 86.1 Å². The van der Waals surface area contributed by atoms with Crippen LogP contribution in [0.2, 0.25) is 0 Å².